The minimum Gasteiger partial charge on any atom is -0.487 e. The number of aliphatic hydroxyl groups excluding tert-OH is 1. The van der Waals surface area contributed by atoms with E-state index in [0.717, 1.165) is 72.1 Å². The number of rotatable bonds is 17. The summed E-state index contributed by atoms with van der Waals surface area (Å²) in [5.74, 6) is 1.68. The molecule has 2 aromatic carbocycles. The van der Waals surface area contributed by atoms with Crippen LogP contribution in [-0.2, 0) is 11.3 Å². The van der Waals surface area contributed by atoms with E-state index in [1.165, 1.54) is 6.42 Å². The molecule has 1 aliphatic carbocycles. The van der Waals surface area contributed by atoms with E-state index < -0.39 is 5.91 Å². The third kappa shape index (κ3) is 7.64. The number of benzene rings is 2. The van der Waals surface area contributed by atoms with Gasteiger partial charge in [0, 0.05) is 53.8 Å². The third-order valence-electron chi connectivity index (χ3n) is 7.34. The summed E-state index contributed by atoms with van der Waals surface area (Å²) in [4.78, 5) is 20.7. The molecule has 5 rings (SSSR count). The van der Waals surface area contributed by atoms with E-state index in [0.29, 0.717) is 36.6 Å². The van der Waals surface area contributed by atoms with E-state index >= 15 is 0 Å². The highest BCUT2D eigenvalue weighted by Gasteiger charge is 2.21. The number of anilines is 1. The van der Waals surface area contributed by atoms with E-state index in [9.17, 15) is 4.79 Å². The van der Waals surface area contributed by atoms with Gasteiger partial charge in [0.05, 0.1) is 24.8 Å². The maximum absolute atomic E-state index is 11.6. The van der Waals surface area contributed by atoms with Gasteiger partial charge in [-0.25, -0.2) is 4.98 Å². The minimum absolute atomic E-state index is 0.0302. The average molecular weight is 574 g/mol. The number of unbranched alkanes of at least 4 members (excludes halogenated alkanes) is 1. The lowest BCUT2D eigenvalue weighted by atomic mass is 9.96. The molecular weight excluding hydrogens is 534 g/mol. The van der Waals surface area contributed by atoms with Gasteiger partial charge >= 0.3 is 0 Å². The summed E-state index contributed by atoms with van der Waals surface area (Å²) < 4.78 is 17.6. The summed E-state index contributed by atoms with van der Waals surface area (Å²) in [5.41, 5.74) is 7.68. The Labute approximate surface area is 245 Å². The van der Waals surface area contributed by atoms with Gasteiger partial charge in [-0.2, -0.15) is 0 Å². The Morgan fingerprint density at radius 3 is 2.69 bits per heavy atom. The van der Waals surface area contributed by atoms with Crippen LogP contribution in [0.2, 0.25) is 0 Å². The molecule has 1 saturated carbocycles. The molecule has 1 aliphatic rings. The number of ether oxygens (including phenoxy) is 3. The Kier molecular flexibility index (Phi) is 10.4. The Morgan fingerprint density at radius 1 is 0.976 bits per heavy atom. The van der Waals surface area contributed by atoms with Crippen LogP contribution in [0.3, 0.4) is 0 Å². The highest BCUT2D eigenvalue weighted by atomic mass is 16.5. The summed E-state index contributed by atoms with van der Waals surface area (Å²) in [6.45, 7) is 3.65. The predicted molar refractivity (Wildman–Crippen MR) is 163 cm³/mol. The molecule has 1 amide bonds. The van der Waals surface area contributed by atoms with Gasteiger partial charge in [-0.15, -0.1) is 0 Å². The average Bonchev–Trinajstić information content (AvgIpc) is 2.99. The molecule has 1 fully saturated rings. The first-order valence-corrected chi connectivity index (χ1v) is 14.7. The van der Waals surface area contributed by atoms with Gasteiger partial charge < -0.3 is 35.7 Å². The summed E-state index contributed by atoms with van der Waals surface area (Å²) in [6.07, 6.45) is 9.15. The zero-order valence-corrected chi connectivity index (χ0v) is 23.8. The lowest BCUT2D eigenvalue weighted by Gasteiger charge is -2.27. The second-order valence-corrected chi connectivity index (χ2v) is 10.4. The smallest absolute Gasteiger partial charge is 0.248 e. The Balaban J connectivity index is 1.02. The molecule has 0 aliphatic heterocycles. The molecule has 0 atom stereocenters. The van der Waals surface area contributed by atoms with Crippen molar-refractivity contribution >= 4 is 33.4 Å². The molecule has 4 aromatic rings. The number of nitrogens with one attached hydrogen (secondary N) is 2. The quantitative estimate of drug-likeness (QED) is 0.108. The Hall–Kier alpha value is -3.99. The van der Waals surface area contributed by atoms with Crippen LogP contribution in [-0.4, -0.2) is 66.6 Å². The maximum atomic E-state index is 11.6. The molecule has 0 saturated heterocycles. The van der Waals surface area contributed by atoms with Gasteiger partial charge in [0.2, 0.25) is 5.91 Å². The van der Waals surface area contributed by atoms with Crippen molar-refractivity contribution in [3.63, 3.8) is 0 Å². The zero-order valence-electron chi connectivity index (χ0n) is 23.8. The zero-order chi connectivity index (χ0) is 29.1. The summed E-state index contributed by atoms with van der Waals surface area (Å²) >= 11 is 0. The molecule has 42 heavy (non-hydrogen) atoms. The van der Waals surface area contributed by atoms with Crippen molar-refractivity contribution in [3.8, 4) is 11.5 Å². The molecule has 10 nitrogen and oxygen atoms in total. The topological polar surface area (TPSA) is 141 Å². The van der Waals surface area contributed by atoms with Gasteiger partial charge in [-0.3, -0.25) is 9.78 Å². The largest absolute Gasteiger partial charge is 0.487 e. The third-order valence-corrected chi connectivity index (χ3v) is 7.34. The number of aromatic nitrogens is 2. The van der Waals surface area contributed by atoms with Crippen molar-refractivity contribution in [1.82, 2.24) is 15.3 Å². The molecule has 2 aromatic heterocycles. The number of amides is 1. The Bertz CT molecular complexity index is 1490. The monoisotopic (exact) mass is 573 g/mol. The fourth-order valence-electron chi connectivity index (χ4n) is 4.86. The van der Waals surface area contributed by atoms with Crippen molar-refractivity contribution in [2.24, 2.45) is 5.73 Å². The first kappa shape index (κ1) is 29.5. The molecule has 0 unspecified atom stereocenters. The number of nitrogens with two attached hydrogens (primary N) is 1. The van der Waals surface area contributed by atoms with Gasteiger partial charge in [0.1, 0.15) is 12.4 Å². The van der Waals surface area contributed by atoms with E-state index in [2.05, 4.69) is 21.7 Å². The first-order valence-electron chi connectivity index (χ1n) is 14.7. The van der Waals surface area contributed by atoms with Crippen LogP contribution < -0.4 is 25.8 Å². The number of carbonyl (C=O) groups is 1. The van der Waals surface area contributed by atoms with Gasteiger partial charge in [-0.1, -0.05) is 12.1 Å². The van der Waals surface area contributed by atoms with Crippen LogP contribution in [0.4, 0.5) is 5.82 Å². The molecule has 0 spiro atoms. The lowest BCUT2D eigenvalue weighted by Crippen LogP contribution is -2.25. The molecule has 10 heteroatoms. The van der Waals surface area contributed by atoms with Crippen LogP contribution in [0.25, 0.3) is 21.7 Å². The van der Waals surface area contributed by atoms with Crippen LogP contribution in [0.5, 0.6) is 11.5 Å². The summed E-state index contributed by atoms with van der Waals surface area (Å²) in [5, 5.41) is 18.8. The van der Waals surface area contributed by atoms with Crippen LogP contribution >= 0.6 is 0 Å². The summed E-state index contributed by atoms with van der Waals surface area (Å²) in [7, 11) is 0. The number of carbonyl (C=O) groups excluding carboxylic acids is 1. The predicted octanol–water partition coefficient (Wildman–Crippen LogP) is 4.18. The number of aliphatic hydroxyl groups is 1. The molecule has 0 radical (unpaired) electrons. The van der Waals surface area contributed by atoms with Crippen LogP contribution in [0.15, 0.2) is 54.9 Å². The number of fused-ring (bicyclic) bond motifs is 3. The van der Waals surface area contributed by atoms with E-state index in [1.54, 1.807) is 18.3 Å². The molecule has 222 valence electrons. The fraction of sp³-hybridized carbons (Fsp3) is 0.406. The van der Waals surface area contributed by atoms with Crippen molar-refractivity contribution in [2.75, 3.05) is 44.8 Å². The number of hydrogen-bond acceptors (Lipinski definition) is 9. The number of hydrogen-bond donors (Lipinski definition) is 4. The summed E-state index contributed by atoms with van der Waals surface area (Å²) in [6, 6.07) is 13.2. The number of pyridine rings is 2. The highest BCUT2D eigenvalue weighted by Crippen LogP contribution is 2.33. The first-order chi connectivity index (χ1) is 20.6. The standard InChI is InChI=1S/C32H39N5O5/c33-31(39)23-7-8-25-27-21-35-12-10-26(27)32(37-28(25)19-23)36-13-16-40-15-2-1-11-34-20-22-6-9-29(42-24-4-3-5-24)30(18-22)41-17-14-38/h6-10,12,18-19,21,24,34,38H,1-5,11,13-17,20H2,(H2,33,39)(H,36,37). The fourth-order valence-corrected chi connectivity index (χ4v) is 4.86. The second-order valence-electron chi connectivity index (χ2n) is 10.4. The maximum Gasteiger partial charge on any atom is 0.248 e. The van der Waals surface area contributed by atoms with E-state index in [1.807, 2.05) is 30.5 Å². The minimum atomic E-state index is -0.482. The number of nitrogens with zero attached hydrogens (tertiary/aromatic N) is 2. The molecular formula is C32H39N5O5. The van der Waals surface area contributed by atoms with Crippen LogP contribution in [0.1, 0.15) is 48.0 Å². The molecule has 0 bridgehead atoms. The second kappa shape index (κ2) is 14.8. The molecule has 2 heterocycles. The van der Waals surface area contributed by atoms with Gasteiger partial charge in [0.15, 0.2) is 11.5 Å². The van der Waals surface area contributed by atoms with Gasteiger partial charge in [0.25, 0.3) is 0 Å². The van der Waals surface area contributed by atoms with Crippen LogP contribution in [0, 0.1) is 0 Å². The van der Waals surface area contributed by atoms with Gasteiger partial charge in [-0.05, 0) is 74.5 Å². The van der Waals surface area contributed by atoms with Crippen molar-refractivity contribution in [2.45, 2.75) is 44.8 Å². The Morgan fingerprint density at radius 2 is 1.88 bits per heavy atom. The van der Waals surface area contributed by atoms with Crippen molar-refractivity contribution in [3.05, 3.63) is 66.0 Å². The van der Waals surface area contributed by atoms with E-state index in [4.69, 9.17) is 30.0 Å². The van der Waals surface area contributed by atoms with Crippen molar-refractivity contribution < 1.29 is 24.1 Å². The SMILES string of the molecule is NC(=O)c1ccc2c(c1)nc(NCCOCCCCNCc1ccc(OC3CCC3)c(OCCO)c1)c1ccncc12. The normalized spacial score (nSPS) is 13.3. The lowest BCUT2D eigenvalue weighted by molar-refractivity contribution is 0.1000. The van der Waals surface area contributed by atoms with E-state index in [-0.39, 0.29) is 19.3 Å². The highest BCUT2D eigenvalue weighted by molar-refractivity contribution is 6.11. The van der Waals surface area contributed by atoms with Crippen molar-refractivity contribution in [1.29, 1.82) is 0 Å². The number of primary amides is 1. The molecule has 5 N–H and O–H groups in total.